The van der Waals surface area contributed by atoms with Crippen LogP contribution in [0.2, 0.25) is 0 Å². The van der Waals surface area contributed by atoms with Crippen molar-refractivity contribution in [3.05, 3.63) is 102 Å². The molecule has 0 aliphatic rings. The van der Waals surface area contributed by atoms with E-state index in [9.17, 15) is 4.79 Å². The molecule has 2 aromatic heterocycles. The number of anilines is 1. The Labute approximate surface area is 192 Å². The fourth-order valence-corrected chi connectivity index (χ4v) is 3.55. The Morgan fingerprint density at radius 1 is 1.00 bits per heavy atom. The van der Waals surface area contributed by atoms with Gasteiger partial charge in [-0.15, -0.1) is 0 Å². The van der Waals surface area contributed by atoms with Crippen molar-refractivity contribution in [1.82, 2.24) is 20.5 Å². The normalized spacial score (nSPS) is 12.5. The third-order valence-corrected chi connectivity index (χ3v) is 5.48. The Kier molecular flexibility index (Phi) is 6.88. The number of hydrogen-bond donors (Lipinski definition) is 3. The molecule has 33 heavy (non-hydrogen) atoms. The maximum Gasteiger partial charge on any atom is 0.247 e. The zero-order chi connectivity index (χ0) is 23.0. The van der Waals surface area contributed by atoms with E-state index in [1.165, 1.54) is 0 Å². The molecular formula is C26H24N6O. The maximum absolute atomic E-state index is 13.2. The Morgan fingerprint density at radius 2 is 1.79 bits per heavy atom. The van der Waals surface area contributed by atoms with Gasteiger partial charge in [0.15, 0.2) is 0 Å². The molecule has 0 saturated carbocycles. The van der Waals surface area contributed by atoms with Crippen molar-refractivity contribution in [1.29, 1.82) is 5.26 Å². The molecule has 1 unspecified atom stereocenters. The molecular weight excluding hydrogens is 412 g/mol. The standard InChI is InChI=1S/C26H24N6O/c1-18(20-9-7-19(13-27)8-10-20)14-29-25(21-5-3-2-4-6-21)26(33)32-24-12-11-22(15-28-24)23-16-30-31-17-23/h2-12,15-18,25,29H,14H2,1H3,(H,30,31)(H,28,32,33)/t18-,25?/m1/s1. The molecule has 0 saturated heterocycles. The van der Waals surface area contributed by atoms with Crippen molar-refractivity contribution in [2.45, 2.75) is 18.9 Å². The van der Waals surface area contributed by atoms with Crippen molar-refractivity contribution in [2.75, 3.05) is 11.9 Å². The first-order valence-corrected chi connectivity index (χ1v) is 10.7. The molecule has 164 valence electrons. The van der Waals surface area contributed by atoms with Crippen LogP contribution in [0.1, 0.15) is 35.6 Å². The SMILES string of the molecule is C[C@H](CNC(C(=O)Nc1ccc(-c2cn[nH]c2)cn1)c1ccccc1)c1ccc(C#N)cc1. The van der Waals surface area contributed by atoms with Crippen molar-refractivity contribution in [3.8, 4) is 17.2 Å². The van der Waals surface area contributed by atoms with E-state index in [0.29, 0.717) is 17.9 Å². The molecule has 4 aromatic rings. The number of hydrogen-bond acceptors (Lipinski definition) is 5. The fraction of sp³-hybridized carbons (Fsp3) is 0.154. The van der Waals surface area contributed by atoms with E-state index in [1.807, 2.05) is 60.7 Å². The summed E-state index contributed by atoms with van der Waals surface area (Å²) in [6, 6.07) is 22.4. The zero-order valence-corrected chi connectivity index (χ0v) is 18.2. The van der Waals surface area contributed by atoms with E-state index < -0.39 is 6.04 Å². The van der Waals surface area contributed by atoms with Crippen molar-refractivity contribution < 1.29 is 4.79 Å². The highest BCUT2D eigenvalue weighted by Crippen LogP contribution is 2.21. The Balaban J connectivity index is 1.46. The smallest absolute Gasteiger partial charge is 0.247 e. The van der Waals surface area contributed by atoms with Crippen LogP contribution in [0.4, 0.5) is 5.82 Å². The van der Waals surface area contributed by atoms with Gasteiger partial charge in [0.1, 0.15) is 11.9 Å². The average molecular weight is 437 g/mol. The predicted octanol–water partition coefficient (Wildman–Crippen LogP) is 4.42. The number of benzene rings is 2. The summed E-state index contributed by atoms with van der Waals surface area (Å²) in [5.74, 6) is 0.455. The molecule has 1 amide bonds. The van der Waals surface area contributed by atoms with E-state index in [-0.39, 0.29) is 11.8 Å². The second-order valence-corrected chi connectivity index (χ2v) is 7.80. The monoisotopic (exact) mass is 436 g/mol. The summed E-state index contributed by atoms with van der Waals surface area (Å²) in [5.41, 5.74) is 4.45. The minimum atomic E-state index is -0.539. The summed E-state index contributed by atoms with van der Waals surface area (Å²) in [7, 11) is 0. The molecule has 4 rings (SSSR count). The summed E-state index contributed by atoms with van der Waals surface area (Å²) in [6.07, 6.45) is 5.22. The van der Waals surface area contributed by atoms with Crippen molar-refractivity contribution in [2.24, 2.45) is 0 Å². The molecule has 0 aliphatic carbocycles. The highest BCUT2D eigenvalue weighted by molar-refractivity contribution is 5.95. The van der Waals surface area contributed by atoms with Crippen LogP contribution in [-0.2, 0) is 4.79 Å². The lowest BCUT2D eigenvalue weighted by molar-refractivity contribution is -0.118. The zero-order valence-electron chi connectivity index (χ0n) is 18.2. The third-order valence-electron chi connectivity index (χ3n) is 5.48. The van der Waals surface area contributed by atoms with Gasteiger partial charge in [-0.05, 0) is 41.3 Å². The van der Waals surface area contributed by atoms with Gasteiger partial charge in [0.25, 0.3) is 0 Å². The lowest BCUT2D eigenvalue weighted by Gasteiger charge is -2.21. The van der Waals surface area contributed by atoms with E-state index in [4.69, 9.17) is 5.26 Å². The number of nitrogens with one attached hydrogen (secondary N) is 3. The van der Waals surface area contributed by atoms with E-state index >= 15 is 0 Å². The highest BCUT2D eigenvalue weighted by Gasteiger charge is 2.21. The van der Waals surface area contributed by atoms with Gasteiger partial charge in [-0.25, -0.2) is 4.98 Å². The van der Waals surface area contributed by atoms with Crippen LogP contribution in [0.3, 0.4) is 0 Å². The number of nitrogens with zero attached hydrogens (tertiary/aromatic N) is 3. The van der Waals surface area contributed by atoms with Crippen LogP contribution in [0, 0.1) is 11.3 Å². The van der Waals surface area contributed by atoms with Crippen molar-refractivity contribution >= 4 is 11.7 Å². The number of pyridine rings is 1. The molecule has 7 nitrogen and oxygen atoms in total. The molecule has 0 bridgehead atoms. The lowest BCUT2D eigenvalue weighted by atomic mass is 9.98. The second kappa shape index (κ2) is 10.4. The number of nitriles is 1. The second-order valence-electron chi connectivity index (χ2n) is 7.80. The van der Waals surface area contributed by atoms with Gasteiger partial charge in [-0.1, -0.05) is 49.4 Å². The van der Waals surface area contributed by atoms with Crippen LogP contribution in [0.5, 0.6) is 0 Å². The highest BCUT2D eigenvalue weighted by atomic mass is 16.2. The molecule has 0 fully saturated rings. The van der Waals surface area contributed by atoms with Gasteiger partial charge in [-0.3, -0.25) is 9.89 Å². The first kappa shape index (κ1) is 21.9. The summed E-state index contributed by atoms with van der Waals surface area (Å²) >= 11 is 0. The lowest BCUT2D eigenvalue weighted by Crippen LogP contribution is -2.35. The number of aromatic nitrogens is 3. The van der Waals surface area contributed by atoms with Crippen molar-refractivity contribution in [3.63, 3.8) is 0 Å². The molecule has 2 heterocycles. The van der Waals surface area contributed by atoms with Crippen LogP contribution in [-0.4, -0.2) is 27.6 Å². The van der Waals surface area contributed by atoms with Gasteiger partial charge in [0.2, 0.25) is 5.91 Å². The van der Waals surface area contributed by atoms with Gasteiger partial charge in [0, 0.05) is 30.1 Å². The maximum atomic E-state index is 13.2. The Hall–Kier alpha value is -4.28. The van der Waals surface area contributed by atoms with Gasteiger partial charge in [-0.2, -0.15) is 10.4 Å². The van der Waals surface area contributed by atoms with Crippen LogP contribution in [0.25, 0.3) is 11.1 Å². The Bertz CT molecular complexity index is 1210. The Morgan fingerprint density at radius 3 is 2.42 bits per heavy atom. The molecule has 0 aliphatic heterocycles. The average Bonchev–Trinajstić information content (AvgIpc) is 3.40. The first-order chi connectivity index (χ1) is 16.1. The number of H-pyrrole nitrogens is 1. The summed E-state index contributed by atoms with van der Waals surface area (Å²) in [6.45, 7) is 2.68. The van der Waals surface area contributed by atoms with E-state index in [0.717, 1.165) is 22.3 Å². The minimum Gasteiger partial charge on any atom is -0.309 e. The minimum absolute atomic E-state index is 0.157. The molecule has 2 atom stereocenters. The van der Waals surface area contributed by atoms with Gasteiger partial charge < -0.3 is 10.6 Å². The van der Waals surface area contributed by atoms with Crippen LogP contribution in [0.15, 0.2) is 85.3 Å². The molecule has 0 spiro atoms. The summed E-state index contributed by atoms with van der Waals surface area (Å²) in [5, 5.41) is 22.0. The van der Waals surface area contributed by atoms with Gasteiger partial charge in [0.05, 0.1) is 17.8 Å². The quantitative estimate of drug-likeness (QED) is 0.379. The number of aromatic amines is 1. The molecule has 2 aromatic carbocycles. The fourth-order valence-electron chi connectivity index (χ4n) is 3.55. The molecule has 0 radical (unpaired) electrons. The van der Waals surface area contributed by atoms with E-state index in [1.54, 1.807) is 24.7 Å². The summed E-state index contributed by atoms with van der Waals surface area (Å²) < 4.78 is 0. The first-order valence-electron chi connectivity index (χ1n) is 10.7. The predicted molar refractivity (Wildman–Crippen MR) is 127 cm³/mol. The number of carbonyl (C=O) groups excluding carboxylic acids is 1. The van der Waals surface area contributed by atoms with E-state index in [2.05, 4.69) is 38.8 Å². The van der Waals surface area contributed by atoms with Gasteiger partial charge >= 0.3 is 0 Å². The number of rotatable bonds is 8. The largest absolute Gasteiger partial charge is 0.309 e. The van der Waals surface area contributed by atoms with Crippen LogP contribution < -0.4 is 10.6 Å². The topological polar surface area (TPSA) is 106 Å². The third kappa shape index (κ3) is 5.50. The number of amides is 1. The molecule has 7 heteroatoms. The van der Waals surface area contributed by atoms with Crippen LogP contribution >= 0.6 is 0 Å². The number of carbonyl (C=O) groups is 1. The summed E-state index contributed by atoms with van der Waals surface area (Å²) in [4.78, 5) is 17.6. The molecule has 3 N–H and O–H groups in total.